The van der Waals surface area contributed by atoms with Crippen LogP contribution >= 0.6 is 15.9 Å². The predicted molar refractivity (Wildman–Crippen MR) is 137 cm³/mol. The van der Waals surface area contributed by atoms with Crippen LogP contribution in [0.5, 0.6) is 0 Å². The number of aromatic nitrogens is 1. The highest BCUT2D eigenvalue weighted by molar-refractivity contribution is 9.10. The van der Waals surface area contributed by atoms with Crippen LogP contribution in [0.15, 0.2) is 65.3 Å². The number of pyridine rings is 1. The number of amides is 2. The number of halogens is 2. The summed E-state index contributed by atoms with van der Waals surface area (Å²) in [7, 11) is 0. The molecule has 0 aliphatic carbocycles. The molecule has 2 unspecified atom stereocenters. The predicted octanol–water partition coefficient (Wildman–Crippen LogP) is 3.56. The van der Waals surface area contributed by atoms with Crippen molar-refractivity contribution in [1.82, 2.24) is 10.3 Å². The zero-order valence-corrected chi connectivity index (χ0v) is 21.6. The first-order chi connectivity index (χ1) is 17.8. The van der Waals surface area contributed by atoms with Crippen molar-refractivity contribution in [1.29, 1.82) is 0 Å². The number of nitrogens with zero attached hydrogens (tertiary/aromatic N) is 2. The van der Waals surface area contributed by atoms with Crippen LogP contribution in [0.3, 0.4) is 0 Å². The second-order valence-corrected chi connectivity index (χ2v) is 9.21. The second kappa shape index (κ2) is 11.6. The average Bonchev–Trinajstić information content (AvgIpc) is 2.89. The van der Waals surface area contributed by atoms with E-state index in [1.165, 1.54) is 17.0 Å². The van der Waals surface area contributed by atoms with Crippen molar-refractivity contribution in [2.75, 3.05) is 24.6 Å². The number of carbonyl (C=O) groups excluding carboxylic acids is 3. The summed E-state index contributed by atoms with van der Waals surface area (Å²) in [4.78, 5) is 44.3. The summed E-state index contributed by atoms with van der Waals surface area (Å²) in [6, 6.07) is 14.6. The first-order valence-electron chi connectivity index (χ1n) is 11.7. The molecule has 192 valence electrons. The van der Waals surface area contributed by atoms with Crippen molar-refractivity contribution >= 4 is 39.4 Å². The molecule has 2 aromatic carbocycles. The van der Waals surface area contributed by atoms with Gasteiger partial charge in [-0.25, -0.2) is 4.39 Å². The number of esters is 1. The van der Waals surface area contributed by atoms with Crippen LogP contribution in [-0.2, 0) is 20.7 Å². The van der Waals surface area contributed by atoms with Gasteiger partial charge in [0.15, 0.2) is 5.92 Å². The molecule has 8 nitrogen and oxygen atoms in total. The van der Waals surface area contributed by atoms with Crippen LogP contribution in [0.25, 0.3) is 0 Å². The van der Waals surface area contributed by atoms with Crippen molar-refractivity contribution < 1.29 is 28.6 Å². The Kier molecular flexibility index (Phi) is 8.30. The van der Waals surface area contributed by atoms with E-state index in [4.69, 9.17) is 4.74 Å². The molecule has 0 bridgehead atoms. The van der Waals surface area contributed by atoms with Crippen LogP contribution in [-0.4, -0.2) is 47.6 Å². The normalized spacial score (nSPS) is 16.8. The van der Waals surface area contributed by atoms with Gasteiger partial charge in [0.05, 0.1) is 18.0 Å². The van der Waals surface area contributed by atoms with Gasteiger partial charge in [0.1, 0.15) is 11.9 Å². The van der Waals surface area contributed by atoms with Crippen molar-refractivity contribution in [2.45, 2.75) is 19.4 Å². The van der Waals surface area contributed by atoms with Gasteiger partial charge < -0.3 is 20.1 Å². The van der Waals surface area contributed by atoms with Gasteiger partial charge >= 0.3 is 5.97 Å². The number of hydrogen-bond acceptors (Lipinski definition) is 6. The highest BCUT2D eigenvalue weighted by Gasteiger charge is 2.46. The molecule has 0 fully saturated rings. The Morgan fingerprint density at radius 3 is 2.54 bits per heavy atom. The number of aliphatic hydroxyl groups excluding tert-OH is 1. The van der Waals surface area contributed by atoms with E-state index in [1.807, 2.05) is 0 Å². The number of carbonyl (C=O) groups is 3. The largest absolute Gasteiger partial charge is 0.465 e. The topological polar surface area (TPSA) is 109 Å². The van der Waals surface area contributed by atoms with Gasteiger partial charge in [0.2, 0.25) is 5.91 Å². The van der Waals surface area contributed by atoms with Gasteiger partial charge in [-0.3, -0.25) is 19.4 Å². The van der Waals surface area contributed by atoms with E-state index < -0.39 is 23.9 Å². The Labute approximate surface area is 221 Å². The summed E-state index contributed by atoms with van der Waals surface area (Å²) in [5.41, 5.74) is 2.43. The Morgan fingerprint density at radius 1 is 1.16 bits per heavy atom. The molecule has 2 amide bonds. The molecule has 0 saturated carbocycles. The molecule has 2 atom stereocenters. The highest BCUT2D eigenvalue weighted by Crippen LogP contribution is 2.43. The van der Waals surface area contributed by atoms with Gasteiger partial charge in [-0.15, -0.1) is 0 Å². The molecule has 0 spiro atoms. The van der Waals surface area contributed by atoms with E-state index in [1.54, 1.807) is 55.6 Å². The van der Waals surface area contributed by atoms with E-state index in [2.05, 4.69) is 26.2 Å². The number of aliphatic hydroxyl groups is 1. The summed E-state index contributed by atoms with van der Waals surface area (Å²) in [6.45, 7) is 1.76. The van der Waals surface area contributed by atoms with Crippen LogP contribution in [0.2, 0.25) is 0 Å². The fraction of sp³-hybridized carbons (Fsp3) is 0.259. The first kappa shape index (κ1) is 26.4. The van der Waals surface area contributed by atoms with Crippen molar-refractivity contribution in [3.8, 4) is 0 Å². The summed E-state index contributed by atoms with van der Waals surface area (Å²) >= 11 is 3.56. The van der Waals surface area contributed by atoms with Gasteiger partial charge in [-0.1, -0.05) is 30.3 Å². The molecule has 37 heavy (non-hydrogen) atoms. The number of anilines is 1. The number of fused-ring (bicyclic) bond motifs is 1. The lowest BCUT2D eigenvalue weighted by Gasteiger charge is -2.36. The van der Waals surface area contributed by atoms with E-state index in [-0.39, 0.29) is 37.1 Å². The van der Waals surface area contributed by atoms with Crippen molar-refractivity contribution in [3.63, 3.8) is 0 Å². The Morgan fingerprint density at radius 2 is 1.86 bits per heavy atom. The van der Waals surface area contributed by atoms with Gasteiger partial charge in [0, 0.05) is 35.7 Å². The van der Waals surface area contributed by atoms with Gasteiger partial charge in [-0.05, 0) is 58.2 Å². The number of rotatable bonds is 8. The standard InChI is InChI=1S/C27H25BrFN3O5/c1-2-37-27(36)20-24(33)22-23(21(28)18(15-31-22)14-16-8-10-19(29)11-9-16)32(26(20)35)13-12-30-25(34)17-6-4-3-5-7-17/h3-11,15,20,24,33H,2,12-14H2,1H3,(H,30,34). The molecule has 1 aliphatic heterocycles. The zero-order chi connectivity index (χ0) is 26.5. The van der Waals surface area contributed by atoms with E-state index >= 15 is 0 Å². The third kappa shape index (κ3) is 5.70. The lowest BCUT2D eigenvalue weighted by molar-refractivity contribution is -0.157. The van der Waals surface area contributed by atoms with E-state index in [9.17, 15) is 23.9 Å². The zero-order valence-electron chi connectivity index (χ0n) is 20.0. The van der Waals surface area contributed by atoms with E-state index in [0.717, 1.165) is 5.56 Å². The minimum Gasteiger partial charge on any atom is -0.465 e. The van der Waals surface area contributed by atoms with E-state index in [0.29, 0.717) is 27.7 Å². The lowest BCUT2D eigenvalue weighted by atomic mass is 9.91. The third-order valence-electron chi connectivity index (χ3n) is 6.00. The number of benzene rings is 2. The highest BCUT2D eigenvalue weighted by atomic mass is 79.9. The summed E-state index contributed by atoms with van der Waals surface area (Å²) < 4.78 is 18.9. The molecule has 1 aliphatic rings. The minimum atomic E-state index is -1.51. The maximum Gasteiger partial charge on any atom is 0.321 e. The van der Waals surface area contributed by atoms with Crippen molar-refractivity contribution in [2.24, 2.45) is 5.92 Å². The van der Waals surface area contributed by atoms with Crippen LogP contribution < -0.4 is 10.2 Å². The third-order valence-corrected chi connectivity index (χ3v) is 6.88. The first-order valence-corrected chi connectivity index (χ1v) is 12.5. The fourth-order valence-corrected chi connectivity index (χ4v) is 4.84. The minimum absolute atomic E-state index is 0.0211. The number of nitrogens with one attached hydrogen (secondary N) is 1. The fourth-order valence-electron chi connectivity index (χ4n) is 4.18. The Balaban J connectivity index is 1.65. The van der Waals surface area contributed by atoms with Crippen LogP contribution in [0.1, 0.15) is 40.2 Å². The molecule has 0 radical (unpaired) electrons. The molecule has 3 aromatic rings. The molecule has 1 aromatic heterocycles. The van der Waals surface area contributed by atoms with Gasteiger partial charge in [-0.2, -0.15) is 0 Å². The van der Waals surface area contributed by atoms with Crippen LogP contribution in [0, 0.1) is 11.7 Å². The summed E-state index contributed by atoms with van der Waals surface area (Å²) in [5, 5.41) is 13.7. The van der Waals surface area contributed by atoms with Crippen LogP contribution in [0.4, 0.5) is 10.1 Å². The SMILES string of the molecule is CCOC(=O)C1C(=O)N(CCNC(=O)c2ccccc2)c2c(ncc(Cc3ccc(F)cc3)c2Br)C1O. The Bertz CT molecular complexity index is 1300. The second-order valence-electron chi connectivity index (χ2n) is 8.42. The lowest BCUT2D eigenvalue weighted by Crippen LogP contribution is -2.50. The smallest absolute Gasteiger partial charge is 0.321 e. The average molecular weight is 570 g/mol. The quantitative estimate of drug-likeness (QED) is 0.317. The number of hydrogen-bond donors (Lipinski definition) is 2. The maximum absolute atomic E-state index is 13.5. The molecule has 10 heteroatoms. The molecular weight excluding hydrogens is 545 g/mol. The monoisotopic (exact) mass is 569 g/mol. The maximum atomic E-state index is 13.5. The Hall–Kier alpha value is -3.63. The molecule has 4 rings (SSSR count). The molecule has 2 heterocycles. The van der Waals surface area contributed by atoms with Gasteiger partial charge in [0.25, 0.3) is 5.91 Å². The summed E-state index contributed by atoms with van der Waals surface area (Å²) in [5.74, 6) is -3.66. The summed E-state index contributed by atoms with van der Waals surface area (Å²) in [6.07, 6.45) is 0.418. The molecule has 2 N–H and O–H groups in total. The molecule has 0 saturated heterocycles. The van der Waals surface area contributed by atoms with Crippen molar-refractivity contribution in [3.05, 3.63) is 93.5 Å². The number of ether oxygens (including phenoxy) is 1. The molecular formula is C27H25BrFN3O5.